The Morgan fingerprint density at radius 1 is 0.909 bits per heavy atom. The molecule has 4 rings (SSSR count). The zero-order valence-electron chi connectivity index (χ0n) is 18.8. The molecule has 2 N–H and O–H groups in total. The number of methoxy groups -OCH3 is 2. The highest BCUT2D eigenvalue weighted by molar-refractivity contribution is 5.84. The van der Waals surface area contributed by atoms with Crippen molar-refractivity contribution in [1.29, 1.82) is 0 Å². The fourth-order valence-electron chi connectivity index (χ4n) is 4.04. The molecule has 33 heavy (non-hydrogen) atoms. The van der Waals surface area contributed by atoms with E-state index >= 15 is 0 Å². The van der Waals surface area contributed by atoms with E-state index in [-0.39, 0.29) is 18.2 Å². The topological polar surface area (TPSA) is 72.6 Å². The van der Waals surface area contributed by atoms with Gasteiger partial charge in [0.1, 0.15) is 5.75 Å². The number of hydrogen-bond donors (Lipinski definition) is 2. The molecule has 3 aromatic carbocycles. The van der Waals surface area contributed by atoms with E-state index in [0.29, 0.717) is 24.7 Å². The first-order chi connectivity index (χ1) is 16.2. The van der Waals surface area contributed by atoms with Crippen molar-refractivity contribution in [3.63, 3.8) is 0 Å². The normalized spacial score (nSPS) is 11.7. The molecule has 0 aliphatic rings. The Kier molecular flexibility index (Phi) is 7.15. The molecule has 0 bridgehead atoms. The van der Waals surface area contributed by atoms with E-state index in [9.17, 15) is 4.79 Å². The maximum atomic E-state index is 12.6. The van der Waals surface area contributed by atoms with Crippen LogP contribution in [0, 0.1) is 0 Å². The molecule has 170 valence electrons. The van der Waals surface area contributed by atoms with E-state index < -0.39 is 0 Å². The lowest BCUT2D eigenvalue weighted by atomic mass is 9.89. The van der Waals surface area contributed by atoms with Crippen molar-refractivity contribution >= 4 is 16.8 Å². The number of hydrogen-bond acceptors (Lipinski definition) is 4. The minimum atomic E-state index is -0.134. The second-order valence-electron chi connectivity index (χ2n) is 7.64. The molecule has 0 saturated carbocycles. The molecule has 1 unspecified atom stereocenters. The minimum Gasteiger partial charge on any atom is -0.493 e. The quantitative estimate of drug-likeness (QED) is 0.365. The Hall–Kier alpha value is -3.93. The predicted molar refractivity (Wildman–Crippen MR) is 129 cm³/mol. The van der Waals surface area contributed by atoms with Crippen LogP contribution in [0.4, 0.5) is 0 Å². The van der Waals surface area contributed by atoms with Gasteiger partial charge in [0.15, 0.2) is 11.5 Å². The summed E-state index contributed by atoms with van der Waals surface area (Å²) in [4.78, 5) is 16.0. The zero-order chi connectivity index (χ0) is 23.0. The number of fused-ring (bicyclic) bond motifs is 1. The summed E-state index contributed by atoms with van der Waals surface area (Å²) in [5, 5.41) is 4.19. The monoisotopic (exact) mass is 444 g/mol. The summed E-state index contributed by atoms with van der Waals surface area (Å²) in [7, 11) is 3.25. The van der Waals surface area contributed by atoms with Crippen LogP contribution in [-0.4, -0.2) is 38.3 Å². The van der Waals surface area contributed by atoms with Gasteiger partial charge in [0, 0.05) is 35.1 Å². The molecule has 6 heteroatoms. The number of amides is 1. The van der Waals surface area contributed by atoms with Crippen molar-refractivity contribution in [2.24, 2.45) is 0 Å². The molecule has 1 aromatic heterocycles. The lowest BCUT2D eigenvalue weighted by Crippen LogP contribution is -2.30. The molecular weight excluding hydrogens is 416 g/mol. The highest BCUT2D eigenvalue weighted by Gasteiger charge is 2.24. The van der Waals surface area contributed by atoms with Gasteiger partial charge in [-0.3, -0.25) is 4.79 Å². The first-order valence-electron chi connectivity index (χ1n) is 10.9. The average molecular weight is 445 g/mol. The van der Waals surface area contributed by atoms with Gasteiger partial charge >= 0.3 is 0 Å². The fourth-order valence-corrected chi connectivity index (χ4v) is 4.04. The molecule has 0 saturated heterocycles. The smallest absolute Gasteiger partial charge is 0.223 e. The van der Waals surface area contributed by atoms with Crippen LogP contribution in [0.3, 0.4) is 0 Å². The SMILES string of the molecule is COc1cccc(C(CNC(=O)CCOc2ccccc2)c2c[nH]c3ccccc23)c1OC. The summed E-state index contributed by atoms with van der Waals surface area (Å²) >= 11 is 0. The van der Waals surface area contributed by atoms with Crippen molar-refractivity contribution in [2.75, 3.05) is 27.4 Å². The molecule has 0 aliphatic carbocycles. The summed E-state index contributed by atoms with van der Waals surface area (Å²) in [6.07, 6.45) is 2.27. The molecule has 4 aromatic rings. The number of aromatic amines is 1. The van der Waals surface area contributed by atoms with Crippen molar-refractivity contribution < 1.29 is 19.0 Å². The van der Waals surface area contributed by atoms with E-state index in [2.05, 4.69) is 16.4 Å². The molecule has 0 radical (unpaired) electrons. The van der Waals surface area contributed by atoms with Gasteiger partial charge in [-0.15, -0.1) is 0 Å². The van der Waals surface area contributed by atoms with Crippen LogP contribution < -0.4 is 19.5 Å². The Labute approximate surface area is 193 Å². The molecular formula is C27H28N2O4. The molecule has 6 nitrogen and oxygen atoms in total. The van der Waals surface area contributed by atoms with Crippen molar-refractivity contribution in [1.82, 2.24) is 10.3 Å². The highest BCUT2D eigenvalue weighted by atomic mass is 16.5. The first kappa shape index (κ1) is 22.3. The second kappa shape index (κ2) is 10.6. The van der Waals surface area contributed by atoms with Crippen molar-refractivity contribution in [3.8, 4) is 17.2 Å². The summed E-state index contributed by atoms with van der Waals surface area (Å²) in [6.45, 7) is 0.728. The molecule has 1 atom stereocenters. The predicted octanol–water partition coefficient (Wildman–Crippen LogP) is 4.90. The summed E-state index contributed by atoms with van der Waals surface area (Å²) in [5.41, 5.74) is 3.07. The van der Waals surface area contributed by atoms with Crippen LogP contribution in [-0.2, 0) is 4.79 Å². The third-order valence-corrected chi connectivity index (χ3v) is 5.65. The van der Waals surface area contributed by atoms with Crippen LogP contribution in [0.25, 0.3) is 10.9 Å². The van der Waals surface area contributed by atoms with Gasteiger partial charge in [-0.1, -0.05) is 48.5 Å². The van der Waals surface area contributed by atoms with Crippen molar-refractivity contribution in [3.05, 3.63) is 90.1 Å². The van der Waals surface area contributed by atoms with E-state index in [4.69, 9.17) is 14.2 Å². The maximum absolute atomic E-state index is 12.6. The van der Waals surface area contributed by atoms with Crippen LogP contribution in [0.1, 0.15) is 23.5 Å². The average Bonchev–Trinajstić information content (AvgIpc) is 3.28. The number of rotatable bonds is 10. The van der Waals surface area contributed by atoms with Gasteiger partial charge in [0.2, 0.25) is 5.91 Å². The van der Waals surface area contributed by atoms with E-state index in [1.807, 2.05) is 72.9 Å². The molecule has 0 spiro atoms. The lowest BCUT2D eigenvalue weighted by Gasteiger charge is -2.22. The molecule has 0 aliphatic heterocycles. The summed E-state index contributed by atoms with van der Waals surface area (Å²) in [5.74, 6) is 1.87. The minimum absolute atomic E-state index is 0.0716. The number of carbonyl (C=O) groups excluding carboxylic acids is 1. The molecule has 0 fully saturated rings. The van der Waals surface area contributed by atoms with Crippen LogP contribution in [0.2, 0.25) is 0 Å². The van der Waals surface area contributed by atoms with Crippen LogP contribution >= 0.6 is 0 Å². The Morgan fingerprint density at radius 3 is 2.48 bits per heavy atom. The van der Waals surface area contributed by atoms with E-state index in [0.717, 1.165) is 27.8 Å². The highest BCUT2D eigenvalue weighted by Crippen LogP contribution is 2.40. The summed E-state index contributed by atoms with van der Waals surface area (Å²) in [6, 6.07) is 23.4. The Morgan fingerprint density at radius 2 is 1.70 bits per heavy atom. The van der Waals surface area contributed by atoms with Gasteiger partial charge in [-0.05, 0) is 29.8 Å². The van der Waals surface area contributed by atoms with Gasteiger partial charge in [-0.2, -0.15) is 0 Å². The second-order valence-corrected chi connectivity index (χ2v) is 7.64. The lowest BCUT2D eigenvalue weighted by molar-refractivity contribution is -0.121. The fraction of sp³-hybridized carbons (Fsp3) is 0.222. The number of ether oxygens (including phenoxy) is 3. The standard InChI is InChI=1S/C27H28N2O4/c1-31-25-14-8-12-21(27(25)32-2)23(22-17-28-24-13-7-6-11-20(22)24)18-29-26(30)15-16-33-19-9-4-3-5-10-19/h3-14,17,23,28H,15-16,18H2,1-2H3,(H,29,30). The Balaban J connectivity index is 1.55. The van der Waals surface area contributed by atoms with Gasteiger partial charge in [0.25, 0.3) is 0 Å². The summed E-state index contributed by atoms with van der Waals surface area (Å²) < 4.78 is 16.9. The third kappa shape index (κ3) is 5.12. The van der Waals surface area contributed by atoms with E-state index in [1.54, 1.807) is 14.2 Å². The molecule has 1 heterocycles. The first-order valence-corrected chi connectivity index (χ1v) is 10.9. The van der Waals surface area contributed by atoms with Crippen LogP contribution in [0.5, 0.6) is 17.2 Å². The van der Waals surface area contributed by atoms with Gasteiger partial charge < -0.3 is 24.5 Å². The Bertz CT molecular complexity index is 1200. The van der Waals surface area contributed by atoms with Crippen LogP contribution in [0.15, 0.2) is 79.0 Å². The number of para-hydroxylation sites is 3. The maximum Gasteiger partial charge on any atom is 0.223 e. The molecule has 1 amide bonds. The number of nitrogens with one attached hydrogen (secondary N) is 2. The van der Waals surface area contributed by atoms with Gasteiger partial charge in [-0.25, -0.2) is 0 Å². The number of aromatic nitrogens is 1. The number of benzene rings is 3. The third-order valence-electron chi connectivity index (χ3n) is 5.65. The zero-order valence-corrected chi connectivity index (χ0v) is 18.8. The number of H-pyrrole nitrogens is 1. The van der Waals surface area contributed by atoms with E-state index in [1.165, 1.54) is 0 Å². The van der Waals surface area contributed by atoms with Crippen molar-refractivity contribution in [2.45, 2.75) is 12.3 Å². The number of carbonyl (C=O) groups is 1. The largest absolute Gasteiger partial charge is 0.493 e. The van der Waals surface area contributed by atoms with Gasteiger partial charge in [0.05, 0.1) is 27.2 Å².